The predicted molar refractivity (Wildman–Crippen MR) is 88.3 cm³/mol. The molecule has 1 heterocycles. The van der Waals surface area contributed by atoms with Gasteiger partial charge in [-0.05, 0) is 37.3 Å². The van der Waals surface area contributed by atoms with Gasteiger partial charge in [0.05, 0.1) is 4.90 Å². The van der Waals surface area contributed by atoms with E-state index in [0.29, 0.717) is 23.9 Å². The molecule has 23 heavy (non-hydrogen) atoms. The van der Waals surface area contributed by atoms with E-state index in [1.165, 1.54) is 0 Å². The van der Waals surface area contributed by atoms with Crippen LogP contribution in [0.1, 0.15) is 25.8 Å². The molecule has 1 aliphatic carbocycles. The summed E-state index contributed by atoms with van der Waals surface area (Å²) >= 11 is 0. The first-order valence-electron chi connectivity index (χ1n) is 8.16. The second kappa shape index (κ2) is 5.91. The van der Waals surface area contributed by atoms with Crippen molar-refractivity contribution in [3.8, 4) is 0 Å². The normalized spacial score (nSPS) is 27.6. The van der Waals surface area contributed by atoms with Crippen molar-refractivity contribution in [3.63, 3.8) is 0 Å². The summed E-state index contributed by atoms with van der Waals surface area (Å²) in [4.78, 5) is 12.2. The monoisotopic (exact) mass is 336 g/mol. The van der Waals surface area contributed by atoms with Crippen LogP contribution in [0.2, 0.25) is 0 Å². The summed E-state index contributed by atoms with van der Waals surface area (Å²) in [5.41, 5.74) is 1.04. The molecule has 3 rings (SSSR count). The molecule has 2 aliphatic rings. The van der Waals surface area contributed by atoms with E-state index in [-0.39, 0.29) is 23.8 Å². The second-order valence-corrected chi connectivity index (χ2v) is 9.00. The second-order valence-electron chi connectivity index (χ2n) is 7.06. The summed E-state index contributed by atoms with van der Waals surface area (Å²) < 4.78 is 27.1. The summed E-state index contributed by atoms with van der Waals surface area (Å²) in [6.07, 6.45) is 0.878. The van der Waals surface area contributed by atoms with E-state index in [2.05, 4.69) is 5.32 Å². The van der Waals surface area contributed by atoms with Crippen molar-refractivity contribution in [3.05, 3.63) is 29.8 Å². The average molecular weight is 336 g/mol. The molecule has 0 spiro atoms. The lowest BCUT2D eigenvalue weighted by Gasteiger charge is -2.40. The summed E-state index contributed by atoms with van der Waals surface area (Å²) in [6, 6.07) is 7.10. The van der Waals surface area contributed by atoms with Gasteiger partial charge in [0.2, 0.25) is 15.9 Å². The van der Waals surface area contributed by atoms with Gasteiger partial charge >= 0.3 is 0 Å². The minimum absolute atomic E-state index is 0.0390. The zero-order chi connectivity index (χ0) is 16.8. The van der Waals surface area contributed by atoms with Crippen LogP contribution in [0.4, 0.5) is 0 Å². The molecule has 1 saturated heterocycles. The number of fused-ring (bicyclic) bond motifs is 1. The van der Waals surface area contributed by atoms with Crippen molar-refractivity contribution < 1.29 is 13.2 Å². The number of nitrogens with one attached hydrogen (secondary N) is 1. The summed E-state index contributed by atoms with van der Waals surface area (Å²) in [5, 5.41) is 3.05. The van der Waals surface area contributed by atoms with Gasteiger partial charge < -0.3 is 5.32 Å². The quantitative estimate of drug-likeness (QED) is 0.911. The van der Waals surface area contributed by atoms with Gasteiger partial charge in [0.15, 0.2) is 0 Å². The van der Waals surface area contributed by atoms with Gasteiger partial charge in [-0.25, -0.2) is 8.42 Å². The number of benzene rings is 1. The largest absolute Gasteiger partial charge is 0.353 e. The van der Waals surface area contributed by atoms with Crippen molar-refractivity contribution in [1.29, 1.82) is 0 Å². The highest BCUT2D eigenvalue weighted by atomic mass is 32.2. The molecule has 1 N–H and O–H groups in total. The Morgan fingerprint density at radius 1 is 1.22 bits per heavy atom. The van der Waals surface area contributed by atoms with E-state index in [1.54, 1.807) is 16.4 Å². The van der Waals surface area contributed by atoms with E-state index >= 15 is 0 Å². The topological polar surface area (TPSA) is 66.5 Å². The molecule has 6 heteroatoms. The average Bonchev–Trinajstić information content (AvgIpc) is 2.83. The standard InChI is InChI=1S/C17H24N2O3S/c1-11(2)17(20)18-16-8-13-9-19(10-15(13)16)23(21,22)14-6-4-12(3)5-7-14/h4-7,11,13,15-16H,8-10H2,1-3H3,(H,18,20)/t13-,15+,16+/m1/s1. The smallest absolute Gasteiger partial charge is 0.243 e. The molecule has 0 bridgehead atoms. The molecule has 3 atom stereocenters. The Morgan fingerprint density at radius 3 is 2.48 bits per heavy atom. The Balaban J connectivity index is 1.68. The Hall–Kier alpha value is -1.40. The molecular formula is C17H24N2O3S. The fourth-order valence-electron chi connectivity index (χ4n) is 3.44. The van der Waals surface area contributed by atoms with Crippen LogP contribution in [0.5, 0.6) is 0 Å². The molecule has 0 radical (unpaired) electrons. The molecule has 0 aromatic heterocycles. The van der Waals surface area contributed by atoms with Gasteiger partial charge in [-0.1, -0.05) is 31.5 Å². The SMILES string of the molecule is Cc1ccc(S(=O)(=O)N2C[C@H]3C[C@H](NC(=O)C(C)C)[C@H]3C2)cc1. The van der Waals surface area contributed by atoms with Gasteiger partial charge in [-0.3, -0.25) is 4.79 Å². The lowest BCUT2D eigenvalue weighted by atomic mass is 9.71. The summed E-state index contributed by atoms with van der Waals surface area (Å²) in [7, 11) is -3.43. The van der Waals surface area contributed by atoms with Crippen molar-refractivity contribution in [2.24, 2.45) is 17.8 Å². The van der Waals surface area contributed by atoms with Gasteiger partial charge in [-0.2, -0.15) is 4.31 Å². The van der Waals surface area contributed by atoms with Crippen LogP contribution < -0.4 is 5.32 Å². The number of rotatable bonds is 4. The molecule has 1 aromatic carbocycles. The zero-order valence-corrected chi connectivity index (χ0v) is 14.6. The first-order chi connectivity index (χ1) is 10.8. The molecular weight excluding hydrogens is 312 g/mol. The Kier molecular flexibility index (Phi) is 4.23. The molecule has 1 amide bonds. The van der Waals surface area contributed by atoms with Crippen LogP contribution in [-0.4, -0.2) is 37.8 Å². The van der Waals surface area contributed by atoms with Crippen molar-refractivity contribution in [2.45, 2.75) is 38.1 Å². The van der Waals surface area contributed by atoms with Gasteiger partial charge in [0.25, 0.3) is 0 Å². The highest BCUT2D eigenvalue weighted by Crippen LogP contribution is 2.42. The molecule has 5 nitrogen and oxygen atoms in total. The number of carbonyl (C=O) groups excluding carboxylic acids is 1. The van der Waals surface area contributed by atoms with Crippen LogP contribution in [0, 0.1) is 24.7 Å². The van der Waals surface area contributed by atoms with Crippen LogP contribution >= 0.6 is 0 Å². The molecule has 1 aromatic rings. The van der Waals surface area contributed by atoms with Crippen molar-refractivity contribution >= 4 is 15.9 Å². The molecule has 1 aliphatic heterocycles. The highest BCUT2D eigenvalue weighted by Gasteiger charge is 2.50. The minimum Gasteiger partial charge on any atom is -0.353 e. The van der Waals surface area contributed by atoms with Crippen LogP contribution in [0.15, 0.2) is 29.2 Å². The third kappa shape index (κ3) is 3.02. The van der Waals surface area contributed by atoms with Crippen LogP contribution in [-0.2, 0) is 14.8 Å². The Labute approximate surface area is 138 Å². The van der Waals surface area contributed by atoms with Gasteiger partial charge in [0.1, 0.15) is 0 Å². The van der Waals surface area contributed by atoms with Crippen molar-refractivity contribution in [2.75, 3.05) is 13.1 Å². The lowest BCUT2D eigenvalue weighted by Crippen LogP contribution is -2.52. The first-order valence-corrected chi connectivity index (χ1v) is 9.60. The maximum Gasteiger partial charge on any atom is 0.243 e. The maximum atomic E-state index is 12.7. The third-order valence-corrected chi connectivity index (χ3v) is 6.89. The summed E-state index contributed by atoms with van der Waals surface area (Å²) in [5.74, 6) is 0.627. The van der Waals surface area contributed by atoms with Gasteiger partial charge in [0, 0.05) is 25.0 Å². The number of hydrogen-bond acceptors (Lipinski definition) is 3. The number of sulfonamides is 1. The Morgan fingerprint density at radius 2 is 1.87 bits per heavy atom. The van der Waals surface area contributed by atoms with E-state index in [1.807, 2.05) is 32.9 Å². The molecule has 1 saturated carbocycles. The fraction of sp³-hybridized carbons (Fsp3) is 0.588. The van der Waals surface area contributed by atoms with Crippen LogP contribution in [0.3, 0.4) is 0 Å². The lowest BCUT2D eigenvalue weighted by molar-refractivity contribution is -0.126. The first kappa shape index (κ1) is 16.5. The fourth-order valence-corrected chi connectivity index (χ4v) is 4.97. The number of nitrogens with zero attached hydrogens (tertiary/aromatic N) is 1. The number of aryl methyl sites for hydroxylation is 1. The molecule has 126 valence electrons. The van der Waals surface area contributed by atoms with E-state index in [9.17, 15) is 13.2 Å². The predicted octanol–water partition coefficient (Wildman–Crippen LogP) is 1.78. The van der Waals surface area contributed by atoms with Crippen molar-refractivity contribution in [1.82, 2.24) is 9.62 Å². The van der Waals surface area contributed by atoms with E-state index < -0.39 is 10.0 Å². The van der Waals surface area contributed by atoms with Gasteiger partial charge in [-0.15, -0.1) is 0 Å². The Bertz CT molecular complexity index is 697. The number of hydrogen-bond donors (Lipinski definition) is 1. The maximum absolute atomic E-state index is 12.7. The highest BCUT2D eigenvalue weighted by molar-refractivity contribution is 7.89. The van der Waals surface area contributed by atoms with E-state index in [0.717, 1.165) is 12.0 Å². The minimum atomic E-state index is -3.43. The van der Waals surface area contributed by atoms with E-state index in [4.69, 9.17) is 0 Å². The van der Waals surface area contributed by atoms with Crippen LogP contribution in [0.25, 0.3) is 0 Å². The zero-order valence-electron chi connectivity index (χ0n) is 13.8. The number of amides is 1. The third-order valence-electron chi connectivity index (χ3n) is 5.04. The summed E-state index contributed by atoms with van der Waals surface area (Å²) in [6.45, 7) is 6.75. The molecule has 2 fully saturated rings. The molecule has 0 unspecified atom stereocenters. The number of carbonyl (C=O) groups is 1.